The van der Waals surface area contributed by atoms with Gasteiger partial charge in [0, 0.05) is 12.0 Å². The Hall–Kier alpha value is -2.17. The summed E-state index contributed by atoms with van der Waals surface area (Å²) >= 11 is 0. The zero-order valence-corrected chi connectivity index (χ0v) is 12.6. The Bertz CT molecular complexity index is 647. The number of aryl methyl sites for hydroxylation is 1. The topological polar surface area (TPSA) is 61.9 Å². The van der Waals surface area contributed by atoms with Gasteiger partial charge in [0.15, 0.2) is 5.82 Å². The summed E-state index contributed by atoms with van der Waals surface area (Å²) in [5.74, 6) is 1.39. The highest BCUT2D eigenvalue weighted by atomic mass is 16.2. The third-order valence-electron chi connectivity index (χ3n) is 4.02. The van der Waals surface area contributed by atoms with Gasteiger partial charge in [-0.3, -0.25) is 9.89 Å². The first kappa shape index (κ1) is 13.8. The van der Waals surface area contributed by atoms with Crippen LogP contribution in [0.3, 0.4) is 0 Å². The number of benzene rings is 1. The third-order valence-corrected chi connectivity index (χ3v) is 4.02. The fourth-order valence-electron chi connectivity index (χ4n) is 3.13. The van der Waals surface area contributed by atoms with Gasteiger partial charge in [-0.05, 0) is 12.5 Å². The minimum absolute atomic E-state index is 0.0854. The van der Waals surface area contributed by atoms with Crippen molar-refractivity contribution in [3.05, 3.63) is 47.5 Å². The van der Waals surface area contributed by atoms with Crippen molar-refractivity contribution in [1.82, 2.24) is 20.1 Å². The molecule has 3 rings (SSSR count). The Balaban J connectivity index is 1.77. The number of rotatable bonds is 3. The highest BCUT2D eigenvalue weighted by Crippen LogP contribution is 2.48. The number of hydrogen-bond acceptors (Lipinski definition) is 3. The number of carbonyl (C=O) groups is 1. The number of likely N-dealkylation sites (tertiary alicyclic amines) is 1. The van der Waals surface area contributed by atoms with E-state index in [4.69, 9.17) is 0 Å². The summed E-state index contributed by atoms with van der Waals surface area (Å²) in [4.78, 5) is 18.7. The maximum atomic E-state index is 12.5. The van der Waals surface area contributed by atoms with Crippen molar-refractivity contribution in [2.45, 2.75) is 33.2 Å². The molecule has 0 spiro atoms. The Morgan fingerprint density at radius 3 is 2.67 bits per heavy atom. The van der Waals surface area contributed by atoms with Crippen LogP contribution in [0.25, 0.3) is 0 Å². The SMILES string of the molecule is Cc1nc(CC(=O)N2CC(C)(C)C2c2ccccc2)n[nH]1. The molecule has 1 fully saturated rings. The molecular formula is C16H20N4O. The molecule has 1 aromatic heterocycles. The molecule has 1 aromatic carbocycles. The maximum Gasteiger partial charge on any atom is 0.230 e. The van der Waals surface area contributed by atoms with Gasteiger partial charge in [-0.25, -0.2) is 4.98 Å². The molecule has 0 aliphatic carbocycles. The quantitative estimate of drug-likeness (QED) is 0.940. The number of H-pyrrole nitrogens is 1. The van der Waals surface area contributed by atoms with Gasteiger partial charge in [0.25, 0.3) is 0 Å². The van der Waals surface area contributed by atoms with E-state index in [-0.39, 0.29) is 23.8 Å². The van der Waals surface area contributed by atoms with Crippen molar-refractivity contribution in [2.75, 3.05) is 6.54 Å². The van der Waals surface area contributed by atoms with Crippen molar-refractivity contribution in [1.29, 1.82) is 0 Å². The highest BCUT2D eigenvalue weighted by molar-refractivity contribution is 5.79. The normalized spacial score (nSPS) is 20.1. The molecule has 5 nitrogen and oxygen atoms in total. The van der Waals surface area contributed by atoms with E-state index in [1.54, 1.807) is 0 Å². The molecule has 0 bridgehead atoms. The number of amides is 1. The lowest BCUT2D eigenvalue weighted by Gasteiger charge is -2.54. The minimum atomic E-state index is 0.0854. The average Bonchev–Trinajstić information content (AvgIpc) is 2.83. The monoisotopic (exact) mass is 284 g/mol. The smallest absolute Gasteiger partial charge is 0.230 e. The molecule has 1 N–H and O–H groups in total. The molecule has 0 saturated carbocycles. The van der Waals surface area contributed by atoms with E-state index in [0.717, 1.165) is 12.4 Å². The van der Waals surface area contributed by atoms with Gasteiger partial charge in [-0.1, -0.05) is 44.2 Å². The van der Waals surface area contributed by atoms with E-state index in [1.807, 2.05) is 30.0 Å². The Morgan fingerprint density at radius 2 is 2.10 bits per heavy atom. The molecule has 21 heavy (non-hydrogen) atoms. The summed E-state index contributed by atoms with van der Waals surface area (Å²) in [6.45, 7) is 7.01. The van der Waals surface area contributed by atoms with Gasteiger partial charge in [0.05, 0.1) is 12.5 Å². The summed E-state index contributed by atoms with van der Waals surface area (Å²) in [6.07, 6.45) is 0.254. The lowest BCUT2D eigenvalue weighted by molar-refractivity contribution is -0.151. The van der Waals surface area contributed by atoms with Crippen molar-refractivity contribution in [3.8, 4) is 0 Å². The third kappa shape index (κ3) is 2.55. The van der Waals surface area contributed by atoms with Gasteiger partial charge in [-0.2, -0.15) is 5.10 Å². The largest absolute Gasteiger partial charge is 0.334 e. The fraction of sp³-hybridized carbons (Fsp3) is 0.438. The Morgan fingerprint density at radius 1 is 1.38 bits per heavy atom. The molecule has 110 valence electrons. The molecule has 2 aromatic rings. The van der Waals surface area contributed by atoms with E-state index >= 15 is 0 Å². The first-order chi connectivity index (χ1) is 9.97. The summed E-state index contributed by atoms with van der Waals surface area (Å²) in [7, 11) is 0. The predicted molar refractivity (Wildman–Crippen MR) is 79.5 cm³/mol. The maximum absolute atomic E-state index is 12.5. The van der Waals surface area contributed by atoms with Crippen molar-refractivity contribution < 1.29 is 4.79 Å². The molecule has 5 heteroatoms. The van der Waals surface area contributed by atoms with Gasteiger partial charge in [0.1, 0.15) is 5.82 Å². The Labute approximate surface area is 124 Å². The van der Waals surface area contributed by atoms with Gasteiger partial charge in [0.2, 0.25) is 5.91 Å². The van der Waals surface area contributed by atoms with Crippen LogP contribution in [0.15, 0.2) is 30.3 Å². The second kappa shape index (κ2) is 4.98. The molecule has 1 saturated heterocycles. The first-order valence-electron chi connectivity index (χ1n) is 7.20. The standard InChI is InChI=1S/C16H20N4O/c1-11-17-13(19-18-11)9-14(21)20-10-16(2,3)15(20)12-7-5-4-6-8-12/h4-8,15H,9-10H2,1-3H3,(H,17,18,19). The predicted octanol–water partition coefficient (Wildman–Crippen LogP) is 2.27. The van der Waals surface area contributed by atoms with Crippen molar-refractivity contribution in [2.24, 2.45) is 5.41 Å². The van der Waals surface area contributed by atoms with Crippen LogP contribution in [-0.4, -0.2) is 32.5 Å². The van der Waals surface area contributed by atoms with E-state index in [9.17, 15) is 4.79 Å². The van der Waals surface area contributed by atoms with Crippen LogP contribution in [-0.2, 0) is 11.2 Å². The molecule has 0 radical (unpaired) electrons. The van der Waals surface area contributed by atoms with Crippen LogP contribution < -0.4 is 0 Å². The second-order valence-electron chi connectivity index (χ2n) is 6.34. The number of hydrogen-bond donors (Lipinski definition) is 1. The number of aromatic nitrogens is 3. The molecule has 1 aliphatic rings. The number of nitrogens with zero attached hydrogens (tertiary/aromatic N) is 3. The first-order valence-corrected chi connectivity index (χ1v) is 7.20. The zero-order chi connectivity index (χ0) is 15.0. The van der Waals surface area contributed by atoms with Crippen LogP contribution >= 0.6 is 0 Å². The molecule has 2 heterocycles. The van der Waals surface area contributed by atoms with Gasteiger partial charge in [-0.15, -0.1) is 0 Å². The van der Waals surface area contributed by atoms with E-state index in [0.29, 0.717) is 5.82 Å². The average molecular weight is 284 g/mol. The molecule has 1 atom stereocenters. The van der Waals surface area contributed by atoms with Gasteiger partial charge >= 0.3 is 0 Å². The molecule has 1 aliphatic heterocycles. The lowest BCUT2D eigenvalue weighted by atomic mass is 9.71. The van der Waals surface area contributed by atoms with Gasteiger partial charge < -0.3 is 4.90 Å². The van der Waals surface area contributed by atoms with Crippen LogP contribution in [0, 0.1) is 12.3 Å². The van der Waals surface area contributed by atoms with E-state index < -0.39 is 0 Å². The summed E-state index contributed by atoms with van der Waals surface area (Å²) in [6, 6.07) is 10.3. The summed E-state index contributed by atoms with van der Waals surface area (Å²) in [5.41, 5.74) is 1.29. The second-order valence-corrected chi connectivity index (χ2v) is 6.34. The van der Waals surface area contributed by atoms with E-state index in [2.05, 4.69) is 41.2 Å². The van der Waals surface area contributed by atoms with Crippen molar-refractivity contribution in [3.63, 3.8) is 0 Å². The Kier molecular flexibility index (Phi) is 3.27. The van der Waals surface area contributed by atoms with Crippen molar-refractivity contribution >= 4 is 5.91 Å². The lowest BCUT2D eigenvalue weighted by Crippen LogP contribution is -2.58. The van der Waals surface area contributed by atoms with Crippen LogP contribution in [0.1, 0.15) is 37.1 Å². The fourth-order valence-corrected chi connectivity index (χ4v) is 3.13. The number of carbonyl (C=O) groups excluding carboxylic acids is 1. The molecular weight excluding hydrogens is 264 g/mol. The van der Waals surface area contributed by atoms with Crippen LogP contribution in [0.5, 0.6) is 0 Å². The minimum Gasteiger partial charge on any atom is -0.334 e. The molecule has 1 unspecified atom stereocenters. The summed E-state index contributed by atoms with van der Waals surface area (Å²) in [5, 5.41) is 6.82. The van der Waals surface area contributed by atoms with Crippen LogP contribution in [0.2, 0.25) is 0 Å². The number of aromatic amines is 1. The summed E-state index contributed by atoms with van der Waals surface area (Å²) < 4.78 is 0. The molecule has 1 amide bonds. The van der Waals surface area contributed by atoms with E-state index in [1.165, 1.54) is 5.56 Å². The number of nitrogens with one attached hydrogen (secondary N) is 1. The highest BCUT2D eigenvalue weighted by Gasteiger charge is 2.48. The van der Waals surface area contributed by atoms with Crippen LogP contribution in [0.4, 0.5) is 0 Å². The zero-order valence-electron chi connectivity index (χ0n) is 12.6.